The van der Waals surface area contributed by atoms with Crippen LogP contribution in [0.15, 0.2) is 59.7 Å². The second-order valence-corrected chi connectivity index (χ2v) is 5.79. The van der Waals surface area contributed by atoms with Crippen LogP contribution < -0.4 is 4.74 Å². The van der Waals surface area contributed by atoms with Gasteiger partial charge in [0.25, 0.3) is 5.75 Å². The molecule has 0 bridgehead atoms. The molecule has 1 aliphatic carbocycles. The highest BCUT2D eigenvalue weighted by Crippen LogP contribution is 2.52. The standard InChI is InChI=1S/C19H14O2/c1-3-7-17-13(5-1)11-15-9-10-16-12-14-6-2-4-8-18(14)21-19(15,16)20-17/h1-8,11-12H,9-10H2/p+1. The molecule has 1 spiro atoms. The van der Waals surface area contributed by atoms with Gasteiger partial charge < -0.3 is 9.47 Å². The minimum atomic E-state index is -0.581. The highest BCUT2D eigenvalue weighted by molar-refractivity contribution is 5.73. The molecule has 2 aliphatic heterocycles. The summed E-state index contributed by atoms with van der Waals surface area (Å²) in [5, 5.41) is 0. The maximum absolute atomic E-state index is 6.40. The molecule has 2 nitrogen and oxygen atoms in total. The Morgan fingerprint density at radius 1 is 0.810 bits per heavy atom. The number of fused-ring (bicyclic) bond motifs is 2. The molecule has 1 unspecified atom stereocenters. The molecule has 0 saturated heterocycles. The summed E-state index contributed by atoms with van der Waals surface area (Å²) in [5.74, 6) is 1.37. The van der Waals surface area contributed by atoms with Gasteiger partial charge in [0.05, 0.1) is 16.7 Å². The molecule has 21 heavy (non-hydrogen) atoms. The second-order valence-electron chi connectivity index (χ2n) is 5.79. The number of benzene rings is 2. The van der Waals surface area contributed by atoms with Crippen molar-refractivity contribution in [3.63, 3.8) is 0 Å². The van der Waals surface area contributed by atoms with E-state index in [1.54, 1.807) is 0 Å². The van der Waals surface area contributed by atoms with Gasteiger partial charge in [-0.2, -0.15) is 0 Å². The molecule has 2 aromatic carbocycles. The zero-order valence-electron chi connectivity index (χ0n) is 11.5. The first-order valence-electron chi connectivity index (χ1n) is 7.37. The van der Waals surface area contributed by atoms with Crippen LogP contribution in [-0.2, 0) is 0 Å². The van der Waals surface area contributed by atoms with Crippen molar-refractivity contribution in [1.82, 2.24) is 0 Å². The molecular formula is C19H15O2+. The number of aromatic hydroxyl groups is 1. The van der Waals surface area contributed by atoms with E-state index in [1.807, 2.05) is 18.2 Å². The number of ether oxygens (including phenoxy) is 2. The highest BCUT2D eigenvalue weighted by Gasteiger charge is 2.56. The van der Waals surface area contributed by atoms with E-state index in [1.165, 1.54) is 16.7 Å². The second kappa shape index (κ2) is 3.79. The van der Waals surface area contributed by atoms with E-state index in [2.05, 4.69) is 42.5 Å². The Balaban J connectivity index is 1.72. The van der Waals surface area contributed by atoms with Crippen molar-refractivity contribution in [2.24, 2.45) is 0 Å². The lowest BCUT2D eigenvalue weighted by Gasteiger charge is -2.35. The van der Waals surface area contributed by atoms with E-state index in [0.29, 0.717) is 0 Å². The Bertz CT molecular complexity index is 744. The molecular weight excluding hydrogens is 260 g/mol. The van der Waals surface area contributed by atoms with E-state index in [4.69, 9.17) is 9.47 Å². The van der Waals surface area contributed by atoms with E-state index in [0.717, 1.165) is 29.9 Å². The SMILES string of the molecule is C1=C2CCC3=Cc4ccccc4[OH+]C23Oc2ccccc21. The zero-order chi connectivity index (χ0) is 13.9. The van der Waals surface area contributed by atoms with Gasteiger partial charge in [-0.25, -0.2) is 0 Å². The Labute approximate surface area is 123 Å². The summed E-state index contributed by atoms with van der Waals surface area (Å²) >= 11 is 0. The summed E-state index contributed by atoms with van der Waals surface area (Å²) in [6.45, 7) is 0. The summed E-state index contributed by atoms with van der Waals surface area (Å²) in [4.78, 5) is 0. The van der Waals surface area contributed by atoms with Gasteiger partial charge in [0.1, 0.15) is 5.75 Å². The van der Waals surface area contributed by atoms with E-state index in [9.17, 15) is 0 Å². The van der Waals surface area contributed by atoms with Gasteiger partial charge in [0.15, 0.2) is 0 Å². The van der Waals surface area contributed by atoms with E-state index in [-0.39, 0.29) is 0 Å². The molecule has 1 N–H and O–H groups in total. The van der Waals surface area contributed by atoms with Crippen LogP contribution in [-0.4, -0.2) is 10.5 Å². The molecule has 0 amide bonds. The van der Waals surface area contributed by atoms with Gasteiger partial charge in [0.2, 0.25) is 0 Å². The van der Waals surface area contributed by atoms with Crippen LogP contribution in [0.2, 0.25) is 0 Å². The lowest BCUT2D eigenvalue weighted by Crippen LogP contribution is -2.43. The molecule has 2 aromatic rings. The first-order valence-corrected chi connectivity index (χ1v) is 7.37. The third-order valence-electron chi connectivity index (χ3n) is 4.58. The third kappa shape index (κ3) is 1.42. The topological polar surface area (TPSA) is 22.0 Å². The molecule has 2 heteroatoms. The predicted molar refractivity (Wildman–Crippen MR) is 83.1 cm³/mol. The minimum Gasteiger partial charge on any atom is -0.542 e. The number of para-hydroxylation sites is 2. The lowest BCUT2D eigenvalue weighted by molar-refractivity contribution is -0.180. The van der Waals surface area contributed by atoms with Crippen molar-refractivity contribution in [2.75, 3.05) is 0 Å². The van der Waals surface area contributed by atoms with E-state index >= 15 is 0 Å². The third-order valence-corrected chi connectivity index (χ3v) is 4.58. The molecule has 102 valence electrons. The fourth-order valence-corrected chi connectivity index (χ4v) is 3.56. The van der Waals surface area contributed by atoms with Crippen LogP contribution in [0.5, 0.6) is 11.5 Å². The van der Waals surface area contributed by atoms with Crippen molar-refractivity contribution >= 4 is 12.2 Å². The van der Waals surface area contributed by atoms with Crippen molar-refractivity contribution in [3.05, 3.63) is 70.8 Å². The maximum atomic E-state index is 6.40. The largest absolute Gasteiger partial charge is 0.542 e. The first-order chi connectivity index (χ1) is 10.4. The quantitative estimate of drug-likeness (QED) is 0.657. The van der Waals surface area contributed by atoms with Crippen molar-refractivity contribution in [1.29, 1.82) is 0 Å². The minimum absolute atomic E-state index is 0.581. The smallest absolute Gasteiger partial charge is 0.395 e. The average Bonchev–Trinajstić information content (AvgIpc) is 2.87. The molecule has 2 heterocycles. The van der Waals surface area contributed by atoms with Crippen molar-refractivity contribution < 1.29 is 9.47 Å². The normalized spacial score (nSPS) is 24.4. The Morgan fingerprint density at radius 2 is 1.48 bits per heavy atom. The highest BCUT2D eigenvalue weighted by atomic mass is 16.7. The maximum Gasteiger partial charge on any atom is 0.395 e. The van der Waals surface area contributed by atoms with Gasteiger partial charge in [-0.1, -0.05) is 30.3 Å². The molecule has 1 saturated carbocycles. The van der Waals surface area contributed by atoms with Crippen LogP contribution in [0, 0.1) is 0 Å². The molecule has 3 aliphatic rings. The Morgan fingerprint density at radius 3 is 2.33 bits per heavy atom. The summed E-state index contributed by atoms with van der Waals surface area (Å²) in [7, 11) is 0. The molecule has 0 aromatic heterocycles. The van der Waals surface area contributed by atoms with E-state index < -0.39 is 5.79 Å². The van der Waals surface area contributed by atoms with Crippen LogP contribution in [0.25, 0.3) is 12.2 Å². The van der Waals surface area contributed by atoms with Crippen molar-refractivity contribution in [2.45, 2.75) is 18.6 Å². The Hall–Kier alpha value is -2.48. The van der Waals surface area contributed by atoms with Crippen LogP contribution in [0.3, 0.4) is 0 Å². The first kappa shape index (κ1) is 11.2. The number of aliphatic hydroxyl groups is 1. The van der Waals surface area contributed by atoms with Crippen LogP contribution in [0.1, 0.15) is 24.0 Å². The number of hydrogen-bond donors (Lipinski definition) is 0. The monoisotopic (exact) mass is 275 g/mol. The summed E-state index contributed by atoms with van der Waals surface area (Å²) < 4.78 is 11.4. The van der Waals surface area contributed by atoms with Gasteiger partial charge in [0, 0.05) is 11.6 Å². The number of hydrogen-bond acceptors (Lipinski definition) is 1. The van der Waals surface area contributed by atoms with Gasteiger partial charge in [-0.15, -0.1) is 0 Å². The fraction of sp³-hybridized carbons (Fsp3) is 0.158. The molecule has 1 atom stereocenters. The summed E-state index contributed by atoms with van der Waals surface area (Å²) in [6.07, 6.45) is 6.57. The summed E-state index contributed by atoms with van der Waals surface area (Å²) in [6, 6.07) is 16.5. The van der Waals surface area contributed by atoms with Gasteiger partial charge in [-0.05, 0) is 37.1 Å². The number of rotatable bonds is 0. The fourth-order valence-electron chi connectivity index (χ4n) is 3.56. The van der Waals surface area contributed by atoms with Gasteiger partial charge in [-0.3, -0.25) is 0 Å². The lowest BCUT2D eigenvalue weighted by atomic mass is 9.95. The van der Waals surface area contributed by atoms with Crippen LogP contribution in [0.4, 0.5) is 0 Å². The average molecular weight is 275 g/mol. The molecule has 0 radical (unpaired) electrons. The van der Waals surface area contributed by atoms with Gasteiger partial charge >= 0.3 is 5.79 Å². The molecule has 1 fully saturated rings. The predicted octanol–water partition coefficient (Wildman–Crippen LogP) is 4.29. The Kier molecular flexibility index (Phi) is 2.02. The van der Waals surface area contributed by atoms with Crippen LogP contribution >= 0.6 is 0 Å². The van der Waals surface area contributed by atoms with Crippen molar-refractivity contribution in [3.8, 4) is 11.5 Å². The zero-order valence-corrected chi connectivity index (χ0v) is 11.5. The molecule has 5 rings (SSSR count). The summed E-state index contributed by atoms with van der Waals surface area (Å²) in [5.41, 5.74) is 4.92.